The van der Waals surface area contributed by atoms with Gasteiger partial charge in [-0.3, -0.25) is 14.9 Å². The van der Waals surface area contributed by atoms with E-state index in [9.17, 15) is 9.59 Å². The molecule has 2 heterocycles. The maximum Gasteiger partial charge on any atom is 0.277 e. The Hall–Kier alpha value is -2.09. The Bertz CT molecular complexity index is 649. The molecule has 0 bridgehead atoms. The monoisotopic (exact) mass is 279 g/mol. The normalized spacial score (nSPS) is 10.4. The summed E-state index contributed by atoms with van der Waals surface area (Å²) in [4.78, 5) is 23.4. The number of anilines is 1. The van der Waals surface area contributed by atoms with Crippen molar-refractivity contribution >= 4 is 22.4 Å². The maximum absolute atomic E-state index is 11.9. The molecule has 2 rings (SSSR count). The Morgan fingerprint density at radius 2 is 2.21 bits per heavy atom. The van der Waals surface area contributed by atoms with Gasteiger partial charge in [0.25, 0.3) is 11.5 Å². The van der Waals surface area contributed by atoms with Gasteiger partial charge < -0.3 is 0 Å². The number of nitrogens with one attached hydrogen (secondary N) is 1. The lowest BCUT2D eigenvalue weighted by atomic mass is 10.3. The number of hydrogen-bond acceptors (Lipinski definition) is 6. The first-order valence-corrected chi connectivity index (χ1v) is 6.61. The zero-order valence-electron chi connectivity index (χ0n) is 10.6. The molecule has 0 atom stereocenters. The molecule has 0 spiro atoms. The molecule has 0 aliphatic heterocycles. The minimum atomic E-state index is -0.402. The highest BCUT2D eigenvalue weighted by molar-refractivity contribution is 7.15. The molecule has 0 saturated carbocycles. The average molecular weight is 279 g/mol. The Morgan fingerprint density at radius 1 is 1.42 bits per heavy atom. The van der Waals surface area contributed by atoms with Crippen molar-refractivity contribution in [3.63, 3.8) is 0 Å². The van der Waals surface area contributed by atoms with Crippen LogP contribution in [0.1, 0.15) is 28.8 Å². The van der Waals surface area contributed by atoms with Gasteiger partial charge in [-0.05, 0) is 19.4 Å². The molecule has 0 unspecified atom stereocenters. The van der Waals surface area contributed by atoms with Crippen LogP contribution >= 0.6 is 11.3 Å². The van der Waals surface area contributed by atoms with Gasteiger partial charge in [0.1, 0.15) is 10.7 Å². The standard InChI is InChI=1S/C11H13N5O2S/c1-3-6-16-9(17)5-4-8(15-16)10(18)12-11-14-13-7(2)19-11/h4-5H,3,6H2,1-2H3,(H,12,14,18). The quantitative estimate of drug-likeness (QED) is 0.904. The summed E-state index contributed by atoms with van der Waals surface area (Å²) in [5.74, 6) is -0.402. The van der Waals surface area contributed by atoms with Crippen LogP contribution in [0.25, 0.3) is 0 Å². The number of hydrogen-bond donors (Lipinski definition) is 1. The summed E-state index contributed by atoms with van der Waals surface area (Å²) in [5, 5.41) is 15.4. The number of aryl methyl sites for hydroxylation is 2. The van der Waals surface area contributed by atoms with Crippen molar-refractivity contribution in [2.45, 2.75) is 26.8 Å². The van der Waals surface area contributed by atoms with Gasteiger partial charge in [0.15, 0.2) is 0 Å². The van der Waals surface area contributed by atoms with Crippen molar-refractivity contribution in [3.8, 4) is 0 Å². The van der Waals surface area contributed by atoms with Crippen LogP contribution in [0.4, 0.5) is 5.13 Å². The number of rotatable bonds is 4. The third-order valence-electron chi connectivity index (χ3n) is 2.28. The number of aromatic nitrogens is 4. The second-order valence-electron chi connectivity index (χ2n) is 3.86. The summed E-state index contributed by atoms with van der Waals surface area (Å²) in [6, 6.07) is 2.74. The first-order valence-electron chi connectivity index (χ1n) is 5.79. The molecular formula is C11H13N5O2S. The van der Waals surface area contributed by atoms with Crippen LogP contribution in [-0.4, -0.2) is 25.9 Å². The second-order valence-corrected chi connectivity index (χ2v) is 5.04. The van der Waals surface area contributed by atoms with Gasteiger partial charge in [-0.1, -0.05) is 18.3 Å². The zero-order chi connectivity index (χ0) is 13.8. The molecule has 100 valence electrons. The molecule has 2 aromatic rings. The molecule has 2 aromatic heterocycles. The highest BCUT2D eigenvalue weighted by Gasteiger charge is 2.11. The summed E-state index contributed by atoms with van der Waals surface area (Å²) in [6.45, 7) is 4.22. The molecule has 0 saturated heterocycles. The fourth-order valence-electron chi connectivity index (χ4n) is 1.45. The van der Waals surface area contributed by atoms with Crippen LogP contribution in [0.3, 0.4) is 0 Å². The molecule has 0 aliphatic carbocycles. The largest absolute Gasteiger partial charge is 0.295 e. The summed E-state index contributed by atoms with van der Waals surface area (Å²) >= 11 is 1.28. The molecule has 0 fully saturated rings. The van der Waals surface area contributed by atoms with Crippen LogP contribution in [0.2, 0.25) is 0 Å². The van der Waals surface area contributed by atoms with E-state index in [1.54, 1.807) is 6.92 Å². The Kier molecular flexibility index (Phi) is 4.00. The van der Waals surface area contributed by atoms with Gasteiger partial charge >= 0.3 is 0 Å². The van der Waals surface area contributed by atoms with Crippen molar-refractivity contribution in [2.75, 3.05) is 5.32 Å². The topological polar surface area (TPSA) is 89.8 Å². The molecule has 0 aliphatic rings. The SMILES string of the molecule is CCCn1nc(C(=O)Nc2nnc(C)s2)ccc1=O. The fraction of sp³-hybridized carbons (Fsp3) is 0.364. The molecule has 19 heavy (non-hydrogen) atoms. The average Bonchev–Trinajstić information content (AvgIpc) is 2.77. The van der Waals surface area contributed by atoms with E-state index in [1.807, 2.05) is 6.92 Å². The second kappa shape index (κ2) is 5.70. The molecule has 0 radical (unpaired) electrons. The molecule has 1 N–H and O–H groups in total. The number of amides is 1. The lowest BCUT2D eigenvalue weighted by Crippen LogP contribution is -2.26. The summed E-state index contributed by atoms with van der Waals surface area (Å²) in [5.41, 5.74) is -0.0361. The van der Waals surface area contributed by atoms with Gasteiger partial charge in [0.05, 0.1) is 0 Å². The predicted molar refractivity (Wildman–Crippen MR) is 71.4 cm³/mol. The van der Waals surface area contributed by atoms with E-state index in [-0.39, 0.29) is 11.3 Å². The van der Waals surface area contributed by atoms with Crippen LogP contribution in [-0.2, 0) is 6.54 Å². The first-order chi connectivity index (χ1) is 9.10. The summed E-state index contributed by atoms with van der Waals surface area (Å²) in [7, 11) is 0. The molecule has 0 aromatic carbocycles. The minimum Gasteiger partial charge on any atom is -0.295 e. The van der Waals surface area contributed by atoms with E-state index < -0.39 is 5.91 Å². The Balaban J connectivity index is 2.19. The van der Waals surface area contributed by atoms with Gasteiger partial charge in [-0.25, -0.2) is 4.68 Å². The molecule has 8 heteroatoms. The van der Waals surface area contributed by atoms with Gasteiger partial charge in [-0.15, -0.1) is 10.2 Å². The smallest absolute Gasteiger partial charge is 0.277 e. The lowest BCUT2D eigenvalue weighted by molar-refractivity contribution is 0.101. The van der Waals surface area contributed by atoms with E-state index >= 15 is 0 Å². The van der Waals surface area contributed by atoms with E-state index in [0.717, 1.165) is 11.4 Å². The van der Waals surface area contributed by atoms with Gasteiger partial charge in [0.2, 0.25) is 5.13 Å². The third kappa shape index (κ3) is 3.22. The van der Waals surface area contributed by atoms with Crippen molar-refractivity contribution in [3.05, 3.63) is 33.2 Å². The van der Waals surface area contributed by atoms with Gasteiger partial charge in [-0.2, -0.15) is 5.10 Å². The van der Waals surface area contributed by atoms with E-state index in [4.69, 9.17) is 0 Å². The van der Waals surface area contributed by atoms with Crippen molar-refractivity contribution in [1.29, 1.82) is 0 Å². The maximum atomic E-state index is 11.9. The lowest BCUT2D eigenvalue weighted by Gasteiger charge is -2.04. The van der Waals surface area contributed by atoms with Crippen LogP contribution in [0, 0.1) is 6.92 Å². The van der Waals surface area contributed by atoms with Crippen molar-refractivity contribution in [1.82, 2.24) is 20.0 Å². The molecular weight excluding hydrogens is 266 g/mol. The fourth-order valence-corrected chi connectivity index (χ4v) is 2.04. The van der Waals surface area contributed by atoms with E-state index in [0.29, 0.717) is 11.7 Å². The number of carbonyl (C=O) groups is 1. The predicted octanol–water partition coefficient (Wildman–Crippen LogP) is 1.07. The summed E-state index contributed by atoms with van der Waals surface area (Å²) in [6.07, 6.45) is 0.771. The number of carbonyl (C=O) groups excluding carboxylic acids is 1. The minimum absolute atomic E-state index is 0.181. The van der Waals surface area contributed by atoms with E-state index in [1.165, 1.54) is 28.2 Å². The highest BCUT2D eigenvalue weighted by atomic mass is 32.1. The molecule has 7 nitrogen and oxygen atoms in total. The summed E-state index contributed by atoms with van der Waals surface area (Å²) < 4.78 is 1.28. The van der Waals surface area contributed by atoms with Crippen LogP contribution in [0.5, 0.6) is 0 Å². The van der Waals surface area contributed by atoms with E-state index in [2.05, 4.69) is 20.6 Å². The highest BCUT2D eigenvalue weighted by Crippen LogP contribution is 2.14. The van der Waals surface area contributed by atoms with Crippen LogP contribution in [0.15, 0.2) is 16.9 Å². The number of nitrogens with zero attached hydrogens (tertiary/aromatic N) is 4. The van der Waals surface area contributed by atoms with Crippen molar-refractivity contribution < 1.29 is 4.79 Å². The van der Waals surface area contributed by atoms with Crippen LogP contribution < -0.4 is 10.9 Å². The first kappa shape index (κ1) is 13.3. The zero-order valence-corrected chi connectivity index (χ0v) is 11.4. The third-order valence-corrected chi connectivity index (χ3v) is 3.04. The van der Waals surface area contributed by atoms with Gasteiger partial charge in [0, 0.05) is 12.6 Å². The van der Waals surface area contributed by atoms with Crippen molar-refractivity contribution in [2.24, 2.45) is 0 Å². The molecule has 1 amide bonds. The Labute approximate surface area is 113 Å². The Morgan fingerprint density at radius 3 is 2.84 bits per heavy atom.